The highest BCUT2D eigenvalue weighted by molar-refractivity contribution is 8.18. The summed E-state index contributed by atoms with van der Waals surface area (Å²) in [7, 11) is 0. The molecule has 166 valence electrons. The van der Waals surface area contributed by atoms with Crippen molar-refractivity contribution in [1.29, 1.82) is 0 Å². The van der Waals surface area contributed by atoms with E-state index >= 15 is 0 Å². The van der Waals surface area contributed by atoms with E-state index in [2.05, 4.69) is 0 Å². The third-order valence-corrected chi connectivity index (χ3v) is 7.17. The number of hydrogen-bond donors (Lipinski definition) is 0. The molecule has 0 radical (unpaired) electrons. The molecule has 0 unspecified atom stereocenters. The normalized spacial score (nSPS) is 14.8. The number of amides is 2. The number of imide groups is 1. The van der Waals surface area contributed by atoms with E-state index in [-0.39, 0.29) is 22.4 Å². The molecule has 1 heterocycles. The van der Waals surface area contributed by atoms with Crippen molar-refractivity contribution in [2.75, 3.05) is 0 Å². The van der Waals surface area contributed by atoms with Gasteiger partial charge < -0.3 is 0 Å². The third-order valence-electron chi connectivity index (χ3n) is 5.19. The molecule has 0 atom stereocenters. The molecule has 1 aliphatic rings. The van der Waals surface area contributed by atoms with E-state index in [0.29, 0.717) is 10.5 Å². The molecule has 3 aromatic rings. The largest absolute Gasteiger partial charge is 0.293 e. The van der Waals surface area contributed by atoms with Crippen LogP contribution in [0.4, 0.5) is 10.5 Å². The SMILES string of the molecule is Cc1ccc(Sc2ccc(/C=C3\SC(=O)N(Cc4ccccc4C)C3=O)cc2[N+](=O)[O-])cc1. The van der Waals surface area contributed by atoms with Gasteiger partial charge >= 0.3 is 0 Å². The van der Waals surface area contributed by atoms with E-state index in [0.717, 1.165) is 33.3 Å². The van der Waals surface area contributed by atoms with Gasteiger partial charge in [0.15, 0.2) is 0 Å². The van der Waals surface area contributed by atoms with Gasteiger partial charge in [0.1, 0.15) is 0 Å². The van der Waals surface area contributed by atoms with Crippen molar-refractivity contribution in [3.8, 4) is 0 Å². The van der Waals surface area contributed by atoms with Crippen molar-refractivity contribution in [3.05, 3.63) is 104 Å². The summed E-state index contributed by atoms with van der Waals surface area (Å²) < 4.78 is 0. The summed E-state index contributed by atoms with van der Waals surface area (Å²) in [5.41, 5.74) is 3.46. The van der Waals surface area contributed by atoms with Gasteiger partial charge in [0.05, 0.1) is 21.3 Å². The standard InChI is InChI=1S/C25H20N2O4S2/c1-16-7-10-20(11-8-16)32-22-12-9-18(13-21(22)27(30)31)14-23-24(28)26(25(29)33-23)15-19-6-4-3-5-17(19)2/h3-14H,15H2,1-2H3/b23-14-. The second kappa shape index (κ2) is 9.64. The Morgan fingerprint density at radius 2 is 1.76 bits per heavy atom. The van der Waals surface area contributed by atoms with Crippen molar-refractivity contribution in [2.24, 2.45) is 0 Å². The quantitative estimate of drug-likeness (QED) is 0.227. The summed E-state index contributed by atoms with van der Waals surface area (Å²) in [6, 6.07) is 20.2. The van der Waals surface area contributed by atoms with Crippen LogP contribution in [0.1, 0.15) is 22.3 Å². The molecule has 8 heteroatoms. The van der Waals surface area contributed by atoms with Gasteiger partial charge in [-0.1, -0.05) is 59.8 Å². The Bertz CT molecular complexity index is 1290. The molecule has 0 saturated carbocycles. The first-order chi connectivity index (χ1) is 15.8. The first-order valence-electron chi connectivity index (χ1n) is 10.1. The molecule has 0 aromatic heterocycles. The molecular formula is C25H20N2O4S2. The Morgan fingerprint density at radius 1 is 1.03 bits per heavy atom. The number of carbonyl (C=O) groups excluding carboxylic acids is 2. The van der Waals surface area contributed by atoms with Crippen LogP contribution in [0.5, 0.6) is 0 Å². The van der Waals surface area contributed by atoms with Crippen LogP contribution in [0.15, 0.2) is 81.4 Å². The third kappa shape index (κ3) is 5.18. The zero-order valence-electron chi connectivity index (χ0n) is 18.0. The van der Waals surface area contributed by atoms with Gasteiger partial charge in [-0.05, 0) is 66.6 Å². The van der Waals surface area contributed by atoms with Crippen LogP contribution in [-0.2, 0) is 11.3 Å². The second-order valence-electron chi connectivity index (χ2n) is 7.59. The number of rotatable bonds is 6. The zero-order chi connectivity index (χ0) is 23.5. The number of hydrogen-bond acceptors (Lipinski definition) is 6. The summed E-state index contributed by atoms with van der Waals surface area (Å²) in [6.45, 7) is 4.11. The van der Waals surface area contributed by atoms with Crippen molar-refractivity contribution < 1.29 is 14.5 Å². The average Bonchev–Trinajstić information content (AvgIpc) is 3.05. The van der Waals surface area contributed by atoms with E-state index in [4.69, 9.17) is 0 Å². The monoisotopic (exact) mass is 476 g/mol. The molecule has 0 N–H and O–H groups in total. The molecule has 4 rings (SSSR count). The average molecular weight is 477 g/mol. The molecule has 0 spiro atoms. The van der Waals surface area contributed by atoms with Gasteiger partial charge in [0.25, 0.3) is 16.8 Å². The van der Waals surface area contributed by atoms with Crippen LogP contribution in [-0.4, -0.2) is 21.0 Å². The van der Waals surface area contributed by atoms with Gasteiger partial charge in [-0.15, -0.1) is 0 Å². The lowest BCUT2D eigenvalue weighted by atomic mass is 10.1. The summed E-state index contributed by atoms with van der Waals surface area (Å²) in [4.78, 5) is 39.5. The van der Waals surface area contributed by atoms with Crippen LogP contribution in [0.3, 0.4) is 0 Å². The topological polar surface area (TPSA) is 80.5 Å². The zero-order valence-corrected chi connectivity index (χ0v) is 19.6. The minimum atomic E-state index is -0.433. The molecular weight excluding hydrogens is 456 g/mol. The van der Waals surface area contributed by atoms with E-state index < -0.39 is 10.8 Å². The molecule has 33 heavy (non-hydrogen) atoms. The van der Waals surface area contributed by atoms with Gasteiger partial charge in [0, 0.05) is 11.0 Å². The van der Waals surface area contributed by atoms with Crippen molar-refractivity contribution in [3.63, 3.8) is 0 Å². The highest BCUT2D eigenvalue weighted by atomic mass is 32.2. The predicted molar refractivity (Wildman–Crippen MR) is 131 cm³/mol. The predicted octanol–water partition coefficient (Wildman–Crippen LogP) is 6.60. The fraction of sp³-hybridized carbons (Fsp3) is 0.120. The van der Waals surface area contributed by atoms with Crippen LogP contribution < -0.4 is 0 Å². The van der Waals surface area contributed by atoms with E-state index in [1.54, 1.807) is 12.1 Å². The van der Waals surface area contributed by atoms with Crippen molar-refractivity contribution in [2.45, 2.75) is 30.2 Å². The summed E-state index contributed by atoms with van der Waals surface area (Å²) in [6.07, 6.45) is 1.54. The Hall–Kier alpha value is -3.36. The molecule has 3 aromatic carbocycles. The van der Waals surface area contributed by atoms with Gasteiger partial charge in [0.2, 0.25) is 0 Å². The Balaban J connectivity index is 1.58. The molecule has 1 fully saturated rings. The minimum Gasteiger partial charge on any atom is -0.268 e. The number of benzene rings is 3. The smallest absolute Gasteiger partial charge is 0.268 e. The molecule has 0 aliphatic carbocycles. The number of nitrogens with zero attached hydrogens (tertiary/aromatic N) is 2. The van der Waals surface area contributed by atoms with E-state index in [1.165, 1.54) is 28.8 Å². The Morgan fingerprint density at radius 3 is 2.45 bits per heavy atom. The summed E-state index contributed by atoms with van der Waals surface area (Å²) in [5, 5.41) is 11.3. The number of nitro groups is 1. The maximum Gasteiger partial charge on any atom is 0.293 e. The number of thioether (sulfide) groups is 1. The lowest BCUT2D eigenvalue weighted by Gasteiger charge is -2.14. The molecule has 1 saturated heterocycles. The summed E-state index contributed by atoms with van der Waals surface area (Å²) >= 11 is 2.16. The first-order valence-corrected chi connectivity index (χ1v) is 11.8. The van der Waals surface area contributed by atoms with Crippen LogP contribution in [0, 0.1) is 24.0 Å². The van der Waals surface area contributed by atoms with Gasteiger partial charge in [-0.2, -0.15) is 0 Å². The molecule has 6 nitrogen and oxygen atoms in total. The van der Waals surface area contributed by atoms with Crippen molar-refractivity contribution >= 4 is 46.4 Å². The molecule has 1 aliphatic heterocycles. The van der Waals surface area contributed by atoms with E-state index in [9.17, 15) is 19.7 Å². The Labute approximate surface area is 199 Å². The maximum atomic E-state index is 12.9. The van der Waals surface area contributed by atoms with Crippen LogP contribution in [0.2, 0.25) is 0 Å². The number of carbonyl (C=O) groups is 2. The highest BCUT2D eigenvalue weighted by Gasteiger charge is 2.35. The van der Waals surface area contributed by atoms with Crippen LogP contribution in [0.25, 0.3) is 6.08 Å². The summed E-state index contributed by atoms with van der Waals surface area (Å²) in [5.74, 6) is -0.394. The van der Waals surface area contributed by atoms with Gasteiger partial charge in [-0.3, -0.25) is 24.6 Å². The minimum absolute atomic E-state index is 0.0477. The fourth-order valence-corrected chi connectivity index (χ4v) is 5.07. The van der Waals surface area contributed by atoms with Gasteiger partial charge in [-0.25, -0.2) is 0 Å². The molecule has 0 bridgehead atoms. The Kier molecular flexibility index (Phi) is 6.67. The first kappa shape index (κ1) is 22.8. The maximum absolute atomic E-state index is 12.9. The second-order valence-corrected chi connectivity index (χ2v) is 9.70. The molecule has 2 amide bonds. The van der Waals surface area contributed by atoms with Crippen LogP contribution >= 0.6 is 23.5 Å². The lowest BCUT2D eigenvalue weighted by Crippen LogP contribution is -2.27. The lowest BCUT2D eigenvalue weighted by molar-refractivity contribution is -0.387. The number of nitro benzene ring substituents is 1. The van der Waals surface area contributed by atoms with Crippen molar-refractivity contribution in [1.82, 2.24) is 4.90 Å². The fourth-order valence-electron chi connectivity index (χ4n) is 3.33. The highest BCUT2D eigenvalue weighted by Crippen LogP contribution is 2.38. The van der Waals surface area contributed by atoms with E-state index in [1.807, 2.05) is 62.4 Å². The number of aryl methyl sites for hydroxylation is 2.